The summed E-state index contributed by atoms with van der Waals surface area (Å²) >= 11 is 0. The largest absolute Gasteiger partial charge is 0.323 e. The molecule has 58 valence electrons. The third-order valence-electron chi connectivity index (χ3n) is 1.45. The van der Waals surface area contributed by atoms with Crippen LogP contribution in [0.1, 0.15) is 12.8 Å². The zero-order valence-electron chi connectivity index (χ0n) is 6.34. The standard InChI is InChI=1S/C9H11NO/c1-2-9(11)10-8-6-4-3-5-7-8/h2,4,6-7H,1,3,5H2,(H,10,11). The Kier molecular flexibility index (Phi) is 2.66. The molecule has 2 nitrogen and oxygen atoms in total. The molecule has 0 atom stereocenters. The second-order valence-electron chi connectivity index (χ2n) is 2.33. The monoisotopic (exact) mass is 149 g/mol. The molecule has 0 unspecified atom stereocenters. The van der Waals surface area contributed by atoms with Crippen molar-refractivity contribution in [2.75, 3.05) is 0 Å². The summed E-state index contributed by atoms with van der Waals surface area (Å²) in [6, 6.07) is 0. The van der Waals surface area contributed by atoms with Crippen molar-refractivity contribution in [1.82, 2.24) is 5.32 Å². The van der Waals surface area contributed by atoms with Gasteiger partial charge < -0.3 is 5.32 Å². The molecule has 1 aliphatic carbocycles. The number of allylic oxidation sites excluding steroid dienone is 3. The molecule has 0 saturated heterocycles. The molecule has 0 heterocycles. The Labute approximate surface area is 66.3 Å². The second-order valence-corrected chi connectivity index (χ2v) is 2.33. The van der Waals surface area contributed by atoms with Crippen molar-refractivity contribution in [2.24, 2.45) is 0 Å². The van der Waals surface area contributed by atoms with Gasteiger partial charge in [-0.3, -0.25) is 4.79 Å². The summed E-state index contributed by atoms with van der Waals surface area (Å²) in [6.45, 7) is 3.36. The Balaban J connectivity index is 2.48. The van der Waals surface area contributed by atoms with Gasteiger partial charge in [0.05, 0.1) is 0 Å². The van der Waals surface area contributed by atoms with E-state index in [-0.39, 0.29) is 5.91 Å². The van der Waals surface area contributed by atoms with Gasteiger partial charge in [-0.25, -0.2) is 0 Å². The number of carbonyl (C=O) groups excluding carboxylic acids is 1. The maximum atomic E-state index is 10.8. The Hall–Kier alpha value is -1.31. The van der Waals surface area contributed by atoms with Crippen LogP contribution in [0, 0.1) is 0 Å². The number of carbonyl (C=O) groups is 1. The van der Waals surface area contributed by atoms with Gasteiger partial charge in [-0.05, 0) is 25.0 Å². The molecule has 1 rings (SSSR count). The molecular formula is C9H11NO. The molecule has 1 N–H and O–H groups in total. The molecular weight excluding hydrogens is 138 g/mol. The molecule has 1 aliphatic rings. The molecule has 0 aromatic heterocycles. The molecule has 2 heteroatoms. The normalized spacial score (nSPS) is 15.5. The van der Waals surface area contributed by atoms with Gasteiger partial charge in [0.1, 0.15) is 0 Å². The minimum absolute atomic E-state index is 0.150. The highest BCUT2D eigenvalue weighted by Gasteiger charge is 1.98. The van der Waals surface area contributed by atoms with Crippen molar-refractivity contribution < 1.29 is 4.79 Å². The van der Waals surface area contributed by atoms with Gasteiger partial charge in [0.25, 0.3) is 0 Å². The van der Waals surface area contributed by atoms with Crippen LogP contribution in [0.3, 0.4) is 0 Å². The first-order chi connectivity index (χ1) is 5.33. The lowest BCUT2D eigenvalue weighted by Crippen LogP contribution is -2.19. The maximum absolute atomic E-state index is 10.8. The van der Waals surface area contributed by atoms with Crippen molar-refractivity contribution in [1.29, 1.82) is 0 Å². The van der Waals surface area contributed by atoms with E-state index in [0.717, 1.165) is 18.5 Å². The zero-order chi connectivity index (χ0) is 8.10. The van der Waals surface area contributed by atoms with Crippen LogP contribution in [0.25, 0.3) is 0 Å². The van der Waals surface area contributed by atoms with E-state index in [1.165, 1.54) is 6.08 Å². The van der Waals surface area contributed by atoms with Gasteiger partial charge in [-0.15, -0.1) is 0 Å². The fourth-order valence-corrected chi connectivity index (χ4v) is 0.899. The summed E-state index contributed by atoms with van der Waals surface area (Å²) in [5.41, 5.74) is 0.876. The third kappa shape index (κ3) is 2.42. The highest BCUT2D eigenvalue weighted by molar-refractivity contribution is 5.88. The summed E-state index contributed by atoms with van der Waals surface area (Å²) in [5, 5.41) is 2.69. The van der Waals surface area contributed by atoms with Crippen LogP contribution < -0.4 is 5.32 Å². The van der Waals surface area contributed by atoms with Gasteiger partial charge in [0.2, 0.25) is 5.91 Å². The number of hydrogen-bond donors (Lipinski definition) is 1. The Morgan fingerprint density at radius 1 is 1.64 bits per heavy atom. The molecule has 0 radical (unpaired) electrons. The van der Waals surface area contributed by atoms with E-state index in [1.807, 2.05) is 18.2 Å². The fourth-order valence-electron chi connectivity index (χ4n) is 0.899. The van der Waals surface area contributed by atoms with E-state index in [0.29, 0.717) is 0 Å². The smallest absolute Gasteiger partial charge is 0.247 e. The number of hydrogen-bond acceptors (Lipinski definition) is 1. The lowest BCUT2D eigenvalue weighted by molar-refractivity contribution is -0.115. The van der Waals surface area contributed by atoms with Crippen LogP contribution in [0.5, 0.6) is 0 Å². The quantitative estimate of drug-likeness (QED) is 0.592. The van der Waals surface area contributed by atoms with E-state index in [1.54, 1.807) is 0 Å². The third-order valence-corrected chi connectivity index (χ3v) is 1.45. The molecule has 0 fully saturated rings. The average Bonchev–Trinajstić information content (AvgIpc) is 2.06. The molecule has 0 spiro atoms. The highest BCUT2D eigenvalue weighted by Crippen LogP contribution is 2.06. The van der Waals surface area contributed by atoms with Crippen LogP contribution in [0.4, 0.5) is 0 Å². The van der Waals surface area contributed by atoms with Crippen LogP contribution in [-0.2, 0) is 4.79 Å². The van der Waals surface area contributed by atoms with Gasteiger partial charge in [0, 0.05) is 5.70 Å². The minimum atomic E-state index is -0.150. The predicted octanol–water partition coefficient (Wildman–Crippen LogP) is 1.52. The van der Waals surface area contributed by atoms with Crippen LogP contribution in [0.2, 0.25) is 0 Å². The average molecular weight is 149 g/mol. The molecule has 0 saturated carbocycles. The molecule has 1 amide bonds. The van der Waals surface area contributed by atoms with Crippen LogP contribution in [-0.4, -0.2) is 5.91 Å². The van der Waals surface area contributed by atoms with Gasteiger partial charge in [-0.1, -0.05) is 18.7 Å². The van der Waals surface area contributed by atoms with E-state index in [2.05, 4.69) is 11.9 Å². The predicted molar refractivity (Wildman–Crippen MR) is 44.8 cm³/mol. The summed E-state index contributed by atoms with van der Waals surface area (Å²) in [4.78, 5) is 10.8. The fraction of sp³-hybridized carbons (Fsp3) is 0.222. The van der Waals surface area contributed by atoms with Crippen LogP contribution >= 0.6 is 0 Å². The van der Waals surface area contributed by atoms with Gasteiger partial charge in [0.15, 0.2) is 0 Å². The van der Waals surface area contributed by atoms with E-state index in [4.69, 9.17) is 0 Å². The van der Waals surface area contributed by atoms with Crippen molar-refractivity contribution in [3.05, 3.63) is 36.6 Å². The first kappa shape index (κ1) is 7.79. The lowest BCUT2D eigenvalue weighted by Gasteiger charge is -2.05. The molecule has 11 heavy (non-hydrogen) atoms. The first-order valence-corrected chi connectivity index (χ1v) is 3.63. The Morgan fingerprint density at radius 3 is 3.00 bits per heavy atom. The van der Waals surface area contributed by atoms with Crippen LogP contribution in [0.15, 0.2) is 36.6 Å². The van der Waals surface area contributed by atoms with Crippen molar-refractivity contribution in [3.63, 3.8) is 0 Å². The summed E-state index contributed by atoms with van der Waals surface area (Å²) in [5.74, 6) is -0.150. The summed E-state index contributed by atoms with van der Waals surface area (Å²) in [7, 11) is 0. The van der Waals surface area contributed by atoms with E-state index in [9.17, 15) is 4.79 Å². The van der Waals surface area contributed by atoms with Crippen molar-refractivity contribution >= 4 is 5.91 Å². The van der Waals surface area contributed by atoms with E-state index < -0.39 is 0 Å². The Bertz CT molecular complexity index is 226. The summed E-state index contributed by atoms with van der Waals surface area (Å²) < 4.78 is 0. The molecule has 0 aromatic rings. The van der Waals surface area contributed by atoms with E-state index >= 15 is 0 Å². The number of nitrogens with one attached hydrogen (secondary N) is 1. The number of amides is 1. The second kappa shape index (κ2) is 3.76. The van der Waals surface area contributed by atoms with Gasteiger partial charge >= 0.3 is 0 Å². The van der Waals surface area contributed by atoms with Crippen molar-refractivity contribution in [2.45, 2.75) is 12.8 Å². The maximum Gasteiger partial charge on any atom is 0.247 e. The Morgan fingerprint density at radius 2 is 2.45 bits per heavy atom. The highest BCUT2D eigenvalue weighted by atomic mass is 16.1. The number of rotatable bonds is 2. The first-order valence-electron chi connectivity index (χ1n) is 3.63. The topological polar surface area (TPSA) is 29.1 Å². The molecule has 0 aromatic carbocycles. The SMILES string of the molecule is C=CC(=O)NC1=CCCC=C1. The molecule has 0 bridgehead atoms. The summed E-state index contributed by atoms with van der Waals surface area (Å²) in [6.07, 6.45) is 9.28. The van der Waals surface area contributed by atoms with Gasteiger partial charge in [-0.2, -0.15) is 0 Å². The van der Waals surface area contributed by atoms with Crippen molar-refractivity contribution in [3.8, 4) is 0 Å². The zero-order valence-corrected chi connectivity index (χ0v) is 6.34. The lowest BCUT2D eigenvalue weighted by atomic mass is 10.1. The minimum Gasteiger partial charge on any atom is -0.323 e. The molecule has 0 aliphatic heterocycles.